The first-order valence-electron chi connectivity index (χ1n) is 11.7. The predicted octanol–water partition coefficient (Wildman–Crippen LogP) is 5.60. The molecule has 2 amide bonds. The Balaban J connectivity index is 1.64. The highest BCUT2D eigenvalue weighted by atomic mass is 16.5. The molecule has 1 aliphatic rings. The molecule has 2 N–H and O–H groups in total. The molecule has 3 aromatic rings. The first-order chi connectivity index (χ1) is 16.8. The van der Waals surface area contributed by atoms with E-state index < -0.39 is 12.0 Å². The van der Waals surface area contributed by atoms with E-state index in [0.29, 0.717) is 23.6 Å². The van der Waals surface area contributed by atoms with Crippen molar-refractivity contribution in [2.45, 2.75) is 46.4 Å². The van der Waals surface area contributed by atoms with Gasteiger partial charge in [0.1, 0.15) is 12.4 Å². The minimum atomic E-state index is -0.668. The third kappa shape index (κ3) is 5.72. The van der Waals surface area contributed by atoms with Crippen LogP contribution in [-0.4, -0.2) is 18.1 Å². The van der Waals surface area contributed by atoms with Gasteiger partial charge in [-0.05, 0) is 62.1 Å². The van der Waals surface area contributed by atoms with Gasteiger partial charge in [-0.3, -0.25) is 0 Å². The highest BCUT2D eigenvalue weighted by Gasteiger charge is 2.34. The third-order valence-electron chi connectivity index (χ3n) is 5.81. The molecule has 1 atom stereocenters. The summed E-state index contributed by atoms with van der Waals surface area (Å²) in [6, 6.07) is 22.0. The van der Waals surface area contributed by atoms with Gasteiger partial charge in [0.15, 0.2) is 0 Å². The van der Waals surface area contributed by atoms with Crippen LogP contribution in [0, 0.1) is 13.8 Å². The summed E-state index contributed by atoms with van der Waals surface area (Å²) in [6.07, 6.45) is -0.300. The van der Waals surface area contributed by atoms with Gasteiger partial charge in [-0.15, -0.1) is 0 Å². The Morgan fingerprint density at radius 3 is 2.37 bits per heavy atom. The van der Waals surface area contributed by atoms with E-state index in [1.165, 1.54) is 11.1 Å². The summed E-state index contributed by atoms with van der Waals surface area (Å²) < 4.78 is 11.6. The molecule has 4 rings (SSSR count). The van der Waals surface area contributed by atoms with E-state index in [0.717, 1.165) is 16.7 Å². The zero-order valence-electron chi connectivity index (χ0n) is 20.4. The summed E-state index contributed by atoms with van der Waals surface area (Å²) in [5.41, 5.74) is 5.78. The number of carbonyl (C=O) groups is 2. The van der Waals surface area contributed by atoms with Crippen molar-refractivity contribution >= 4 is 17.7 Å². The van der Waals surface area contributed by atoms with Crippen LogP contribution in [0.2, 0.25) is 0 Å². The molecule has 0 aliphatic carbocycles. The number of carbonyl (C=O) groups excluding carboxylic acids is 2. The zero-order chi connectivity index (χ0) is 24.9. The molecular formula is C29H30N2O4. The molecule has 180 valence electrons. The van der Waals surface area contributed by atoms with Crippen molar-refractivity contribution in [2.75, 3.05) is 0 Å². The fraction of sp³-hybridized carbons (Fsp3) is 0.241. The number of hydrogen-bond acceptors (Lipinski definition) is 4. The molecule has 0 spiro atoms. The van der Waals surface area contributed by atoms with Crippen molar-refractivity contribution in [1.82, 2.24) is 10.6 Å². The number of hydrogen-bond donors (Lipinski definition) is 2. The summed E-state index contributed by atoms with van der Waals surface area (Å²) in [5.74, 6) is 0.222. The van der Waals surface area contributed by atoms with E-state index in [1.54, 1.807) is 13.8 Å². The maximum absolute atomic E-state index is 13.2. The Labute approximate surface area is 206 Å². The summed E-state index contributed by atoms with van der Waals surface area (Å²) in [4.78, 5) is 25.7. The Bertz CT molecular complexity index is 1250. The number of esters is 1. The molecule has 1 unspecified atom stereocenters. The molecule has 0 saturated heterocycles. The van der Waals surface area contributed by atoms with E-state index in [4.69, 9.17) is 9.47 Å². The van der Waals surface area contributed by atoms with E-state index in [2.05, 4.69) is 42.7 Å². The molecule has 0 radical (unpaired) electrons. The normalized spacial score (nSPS) is 15.5. The average molecular weight is 471 g/mol. The van der Waals surface area contributed by atoms with E-state index in [1.807, 2.05) is 54.6 Å². The van der Waals surface area contributed by atoms with Gasteiger partial charge in [-0.2, -0.15) is 0 Å². The van der Waals surface area contributed by atoms with E-state index >= 15 is 0 Å². The Hall–Kier alpha value is -4.06. The maximum atomic E-state index is 13.2. The SMILES string of the molecule is Cc1ccc(C)c(COc2ccc(C3NC(=O)NC(c4ccccc4)=C3C(=O)OC(C)C)cc2)c1. The smallest absolute Gasteiger partial charge is 0.338 e. The van der Waals surface area contributed by atoms with Crippen LogP contribution in [-0.2, 0) is 16.1 Å². The van der Waals surface area contributed by atoms with Gasteiger partial charge >= 0.3 is 12.0 Å². The summed E-state index contributed by atoms with van der Waals surface area (Å²) in [7, 11) is 0. The van der Waals surface area contributed by atoms with Gasteiger partial charge in [-0.25, -0.2) is 9.59 Å². The van der Waals surface area contributed by atoms with Crippen molar-refractivity contribution in [3.05, 3.63) is 106 Å². The number of urea groups is 1. The first kappa shape index (κ1) is 24.1. The van der Waals surface area contributed by atoms with Gasteiger partial charge in [-0.1, -0.05) is 66.2 Å². The molecule has 0 saturated carbocycles. The maximum Gasteiger partial charge on any atom is 0.338 e. The van der Waals surface area contributed by atoms with Gasteiger partial charge in [0.25, 0.3) is 0 Å². The van der Waals surface area contributed by atoms with Crippen LogP contribution in [0.4, 0.5) is 4.79 Å². The molecule has 6 heteroatoms. The predicted molar refractivity (Wildman–Crippen MR) is 136 cm³/mol. The molecular weight excluding hydrogens is 440 g/mol. The van der Waals surface area contributed by atoms with Crippen molar-refractivity contribution in [3.63, 3.8) is 0 Å². The second-order valence-corrected chi connectivity index (χ2v) is 8.93. The van der Waals surface area contributed by atoms with Gasteiger partial charge < -0.3 is 20.1 Å². The third-order valence-corrected chi connectivity index (χ3v) is 5.81. The minimum absolute atomic E-state index is 0.300. The molecule has 3 aromatic carbocycles. The zero-order valence-corrected chi connectivity index (χ0v) is 20.4. The lowest BCUT2D eigenvalue weighted by molar-refractivity contribution is -0.143. The van der Waals surface area contributed by atoms with Crippen molar-refractivity contribution in [2.24, 2.45) is 0 Å². The summed E-state index contributed by atoms with van der Waals surface area (Å²) in [6.45, 7) is 8.18. The summed E-state index contributed by atoms with van der Waals surface area (Å²) >= 11 is 0. The molecule has 1 aliphatic heterocycles. The first-order valence-corrected chi connectivity index (χ1v) is 11.7. The lowest BCUT2D eigenvalue weighted by atomic mass is 9.92. The van der Waals surface area contributed by atoms with Crippen LogP contribution in [0.3, 0.4) is 0 Å². The van der Waals surface area contributed by atoms with E-state index in [-0.39, 0.29) is 12.1 Å². The lowest BCUT2D eigenvalue weighted by Crippen LogP contribution is -2.45. The standard InChI is InChI=1S/C29H30N2O4/c1-18(2)35-28(32)25-26(21-8-6-5-7-9-21)30-29(33)31-27(25)22-12-14-24(15-13-22)34-17-23-16-19(3)10-11-20(23)4/h5-16,18,27H,17H2,1-4H3,(H2,30,31,33). The van der Waals surface area contributed by atoms with Crippen LogP contribution < -0.4 is 15.4 Å². The number of rotatable bonds is 7. The Morgan fingerprint density at radius 2 is 1.69 bits per heavy atom. The molecule has 6 nitrogen and oxygen atoms in total. The number of benzene rings is 3. The second kappa shape index (κ2) is 10.5. The quantitative estimate of drug-likeness (QED) is 0.441. The molecule has 1 heterocycles. The number of ether oxygens (including phenoxy) is 2. The monoisotopic (exact) mass is 470 g/mol. The highest BCUT2D eigenvalue weighted by Crippen LogP contribution is 2.33. The number of aryl methyl sites for hydroxylation is 2. The molecule has 0 aromatic heterocycles. The number of amides is 2. The van der Waals surface area contributed by atoms with E-state index in [9.17, 15) is 9.59 Å². The van der Waals surface area contributed by atoms with Crippen LogP contribution in [0.25, 0.3) is 5.70 Å². The second-order valence-electron chi connectivity index (χ2n) is 8.93. The Kier molecular flexibility index (Phi) is 7.20. The Morgan fingerprint density at radius 1 is 0.971 bits per heavy atom. The molecule has 0 fully saturated rings. The van der Waals surface area contributed by atoms with Crippen LogP contribution >= 0.6 is 0 Å². The average Bonchev–Trinajstić information content (AvgIpc) is 2.84. The molecule has 0 bridgehead atoms. The fourth-order valence-corrected chi connectivity index (χ4v) is 4.02. The lowest BCUT2D eigenvalue weighted by Gasteiger charge is -2.30. The highest BCUT2D eigenvalue weighted by molar-refractivity contribution is 6.04. The van der Waals surface area contributed by atoms with Crippen molar-refractivity contribution in [3.8, 4) is 5.75 Å². The topological polar surface area (TPSA) is 76.7 Å². The fourth-order valence-electron chi connectivity index (χ4n) is 4.02. The van der Waals surface area contributed by atoms with Crippen LogP contribution in [0.15, 0.2) is 78.4 Å². The van der Waals surface area contributed by atoms with Gasteiger partial charge in [0, 0.05) is 0 Å². The minimum Gasteiger partial charge on any atom is -0.489 e. The van der Waals surface area contributed by atoms with Crippen molar-refractivity contribution < 1.29 is 19.1 Å². The summed E-state index contributed by atoms with van der Waals surface area (Å²) in [5, 5.41) is 5.68. The van der Waals surface area contributed by atoms with Crippen LogP contribution in [0.1, 0.15) is 47.7 Å². The largest absolute Gasteiger partial charge is 0.489 e. The van der Waals surface area contributed by atoms with Gasteiger partial charge in [0.05, 0.1) is 23.4 Å². The van der Waals surface area contributed by atoms with Crippen molar-refractivity contribution in [1.29, 1.82) is 0 Å². The molecule has 35 heavy (non-hydrogen) atoms. The number of nitrogens with one attached hydrogen (secondary N) is 2. The van der Waals surface area contributed by atoms with Gasteiger partial charge in [0.2, 0.25) is 0 Å². The van der Waals surface area contributed by atoms with Crippen LogP contribution in [0.5, 0.6) is 5.75 Å².